The van der Waals surface area contributed by atoms with Gasteiger partial charge in [-0.15, -0.1) is 0 Å². The fourth-order valence-electron chi connectivity index (χ4n) is 2.71. The van der Waals surface area contributed by atoms with Crippen LogP contribution in [0.25, 0.3) is 0 Å². The maximum atomic E-state index is 12.4. The summed E-state index contributed by atoms with van der Waals surface area (Å²) in [4.78, 5) is 12.4. The minimum atomic E-state index is -0.352. The highest BCUT2D eigenvalue weighted by molar-refractivity contribution is 5.78. The second-order valence-corrected chi connectivity index (χ2v) is 9.54. The maximum absolute atomic E-state index is 12.4. The number of phenols is 1. The molecule has 0 radical (unpaired) electrons. The van der Waals surface area contributed by atoms with Gasteiger partial charge in [0, 0.05) is 0 Å². The van der Waals surface area contributed by atoms with Gasteiger partial charge in [-0.05, 0) is 46.8 Å². The van der Waals surface area contributed by atoms with Crippen LogP contribution in [-0.2, 0) is 20.4 Å². The van der Waals surface area contributed by atoms with Gasteiger partial charge in [0.1, 0.15) is 5.75 Å². The van der Waals surface area contributed by atoms with Gasteiger partial charge in [0.15, 0.2) is 0 Å². The van der Waals surface area contributed by atoms with Crippen LogP contribution in [0.2, 0.25) is 0 Å². The van der Waals surface area contributed by atoms with Crippen molar-refractivity contribution in [3.05, 3.63) is 28.8 Å². The van der Waals surface area contributed by atoms with E-state index < -0.39 is 0 Å². The van der Waals surface area contributed by atoms with Gasteiger partial charge in [0.25, 0.3) is 0 Å². The minimum Gasteiger partial charge on any atom is -0.507 e. The van der Waals surface area contributed by atoms with E-state index in [1.807, 2.05) is 19.1 Å². The summed E-state index contributed by atoms with van der Waals surface area (Å²) in [5.74, 6) is 0.293. The van der Waals surface area contributed by atoms with Crippen molar-refractivity contribution in [3.63, 3.8) is 0 Å². The summed E-state index contributed by atoms with van der Waals surface area (Å²) >= 11 is 0. The first-order chi connectivity index (χ1) is 11.2. The molecule has 0 aromatic heterocycles. The van der Waals surface area contributed by atoms with Gasteiger partial charge in [0.05, 0.1) is 12.5 Å². The molecule has 0 heterocycles. The number of carbonyl (C=O) groups is 1. The molecule has 0 amide bonds. The molecule has 1 unspecified atom stereocenters. The number of hydrogen-bond donors (Lipinski definition) is 1. The Kier molecular flexibility index (Phi) is 6.72. The second kappa shape index (κ2) is 7.80. The molecule has 0 saturated heterocycles. The predicted molar refractivity (Wildman–Crippen MR) is 104 cm³/mol. The molecule has 1 atom stereocenters. The highest BCUT2D eigenvalue weighted by Gasteiger charge is 2.29. The highest BCUT2D eigenvalue weighted by atomic mass is 16.5. The molecular weight excluding hydrogens is 312 g/mol. The smallest absolute Gasteiger partial charge is 0.313 e. The average molecular weight is 349 g/mol. The van der Waals surface area contributed by atoms with Crippen molar-refractivity contribution in [3.8, 4) is 5.75 Å². The monoisotopic (exact) mass is 348 g/mol. The van der Waals surface area contributed by atoms with Crippen LogP contribution in [-0.4, -0.2) is 17.7 Å². The molecule has 0 bridgehead atoms. The van der Waals surface area contributed by atoms with E-state index >= 15 is 0 Å². The zero-order valence-corrected chi connectivity index (χ0v) is 17.5. The van der Waals surface area contributed by atoms with Gasteiger partial charge in [-0.2, -0.15) is 0 Å². The SMILES string of the molecule is CC(C)CCOC(=O)C(C)c1cc(C(C)(C)C)c(O)c(C(C)(C)C)c1. The fraction of sp³-hybridized carbons (Fsp3) is 0.682. The summed E-state index contributed by atoms with van der Waals surface area (Å²) in [5, 5.41) is 10.8. The Morgan fingerprint density at radius 3 is 1.80 bits per heavy atom. The number of ether oxygens (including phenoxy) is 1. The van der Waals surface area contributed by atoms with Gasteiger partial charge in [-0.1, -0.05) is 67.5 Å². The Hall–Kier alpha value is -1.51. The van der Waals surface area contributed by atoms with Crippen LogP contribution < -0.4 is 0 Å². The van der Waals surface area contributed by atoms with E-state index in [-0.39, 0.29) is 22.7 Å². The topological polar surface area (TPSA) is 46.5 Å². The molecule has 3 nitrogen and oxygen atoms in total. The Labute approximate surface area is 153 Å². The first-order valence-corrected chi connectivity index (χ1v) is 9.29. The summed E-state index contributed by atoms with van der Waals surface area (Å²) in [6, 6.07) is 3.91. The number of rotatable bonds is 5. The second-order valence-electron chi connectivity index (χ2n) is 9.54. The molecule has 142 valence electrons. The summed E-state index contributed by atoms with van der Waals surface area (Å²) in [7, 11) is 0. The molecule has 1 rings (SSSR count). The summed E-state index contributed by atoms with van der Waals surface area (Å²) in [6.45, 7) is 19.0. The molecule has 1 N–H and O–H groups in total. The van der Waals surface area contributed by atoms with Gasteiger partial charge in [0.2, 0.25) is 0 Å². The quantitative estimate of drug-likeness (QED) is 0.696. The van der Waals surface area contributed by atoms with Crippen molar-refractivity contribution in [1.29, 1.82) is 0 Å². The Morgan fingerprint density at radius 1 is 1.00 bits per heavy atom. The Bertz CT molecular complexity index is 566. The van der Waals surface area contributed by atoms with Gasteiger partial charge >= 0.3 is 5.97 Å². The van der Waals surface area contributed by atoms with Gasteiger partial charge in [-0.25, -0.2) is 0 Å². The third-order valence-corrected chi connectivity index (χ3v) is 4.54. The first kappa shape index (κ1) is 21.5. The van der Waals surface area contributed by atoms with Gasteiger partial charge in [-0.3, -0.25) is 4.79 Å². The molecule has 25 heavy (non-hydrogen) atoms. The van der Waals surface area contributed by atoms with Crippen LogP contribution in [0.15, 0.2) is 12.1 Å². The van der Waals surface area contributed by atoms with Crippen molar-refractivity contribution >= 4 is 5.97 Å². The van der Waals surface area contributed by atoms with E-state index in [2.05, 4.69) is 55.4 Å². The highest BCUT2D eigenvalue weighted by Crippen LogP contribution is 2.41. The molecule has 0 fully saturated rings. The lowest BCUT2D eigenvalue weighted by atomic mass is 9.77. The standard InChI is InChI=1S/C22H36O3/c1-14(2)10-11-25-20(24)15(3)16-12-17(21(4,5)6)19(23)18(13-16)22(7,8)9/h12-15,23H,10-11H2,1-9H3. The molecule has 0 saturated carbocycles. The van der Waals surface area contributed by atoms with E-state index in [1.165, 1.54) is 0 Å². The van der Waals surface area contributed by atoms with Crippen molar-refractivity contribution in [2.24, 2.45) is 5.92 Å². The van der Waals surface area contributed by atoms with Crippen LogP contribution in [0.4, 0.5) is 0 Å². The zero-order valence-electron chi connectivity index (χ0n) is 17.5. The van der Waals surface area contributed by atoms with E-state index in [1.54, 1.807) is 0 Å². The number of hydrogen-bond acceptors (Lipinski definition) is 3. The number of benzene rings is 1. The summed E-state index contributed by atoms with van der Waals surface area (Å²) in [6.07, 6.45) is 0.870. The molecule has 0 aliphatic rings. The lowest BCUT2D eigenvalue weighted by Crippen LogP contribution is -2.20. The molecule has 1 aromatic rings. The van der Waals surface area contributed by atoms with Crippen molar-refractivity contribution in [1.82, 2.24) is 0 Å². The normalized spacial score (nSPS) is 13.8. The van der Waals surface area contributed by atoms with E-state index in [4.69, 9.17) is 4.74 Å². The van der Waals surface area contributed by atoms with Crippen molar-refractivity contribution < 1.29 is 14.6 Å². The summed E-state index contributed by atoms with van der Waals surface area (Å²) in [5.41, 5.74) is 2.23. The van der Waals surface area contributed by atoms with Crippen LogP contribution in [0.3, 0.4) is 0 Å². The number of aromatic hydroxyl groups is 1. The third kappa shape index (κ3) is 5.76. The average Bonchev–Trinajstić information content (AvgIpc) is 2.43. The molecule has 0 spiro atoms. The molecule has 0 aliphatic heterocycles. The Morgan fingerprint density at radius 2 is 1.44 bits per heavy atom. The van der Waals surface area contributed by atoms with E-state index in [9.17, 15) is 9.90 Å². The van der Waals surface area contributed by atoms with Crippen molar-refractivity contribution in [2.45, 2.75) is 85.5 Å². The van der Waals surface area contributed by atoms with Crippen LogP contribution in [0.5, 0.6) is 5.75 Å². The predicted octanol–water partition coefficient (Wildman–Crippen LogP) is 5.68. The largest absolute Gasteiger partial charge is 0.507 e. The van der Waals surface area contributed by atoms with Crippen LogP contribution in [0, 0.1) is 5.92 Å². The van der Waals surface area contributed by atoms with Crippen LogP contribution >= 0.6 is 0 Å². The van der Waals surface area contributed by atoms with Crippen molar-refractivity contribution in [2.75, 3.05) is 6.61 Å². The van der Waals surface area contributed by atoms with E-state index in [0.29, 0.717) is 18.3 Å². The molecule has 3 heteroatoms. The third-order valence-electron chi connectivity index (χ3n) is 4.54. The lowest BCUT2D eigenvalue weighted by Gasteiger charge is -2.29. The maximum Gasteiger partial charge on any atom is 0.313 e. The number of esters is 1. The minimum absolute atomic E-state index is 0.203. The van der Waals surface area contributed by atoms with Crippen LogP contribution in [0.1, 0.15) is 91.3 Å². The van der Waals surface area contributed by atoms with E-state index in [0.717, 1.165) is 23.1 Å². The fourth-order valence-corrected chi connectivity index (χ4v) is 2.71. The first-order valence-electron chi connectivity index (χ1n) is 9.29. The Balaban J connectivity index is 3.24. The van der Waals surface area contributed by atoms with Gasteiger partial charge < -0.3 is 9.84 Å². The molecule has 1 aromatic carbocycles. The zero-order chi connectivity index (χ0) is 19.6. The number of carbonyl (C=O) groups excluding carboxylic acids is 1. The molecular formula is C22H36O3. The number of phenolic OH excluding ortho intramolecular Hbond substituents is 1. The molecule has 0 aliphatic carbocycles. The lowest BCUT2D eigenvalue weighted by molar-refractivity contribution is -0.145. The summed E-state index contributed by atoms with van der Waals surface area (Å²) < 4.78 is 5.45.